The first-order chi connectivity index (χ1) is 10.9. The van der Waals surface area contributed by atoms with Crippen LogP contribution in [0.25, 0.3) is 0 Å². The fraction of sp³-hybridized carbons (Fsp3) is 0.368. The van der Waals surface area contributed by atoms with Gasteiger partial charge in [0.2, 0.25) is 0 Å². The Morgan fingerprint density at radius 2 is 1.86 bits per heavy atom. The number of benzene rings is 1. The summed E-state index contributed by atoms with van der Waals surface area (Å²) in [5, 5.41) is 5.32. The first kappa shape index (κ1) is 15.7. The predicted molar refractivity (Wildman–Crippen MR) is 95.1 cm³/mol. The van der Waals surface area contributed by atoms with Crippen LogP contribution in [-0.2, 0) is 4.74 Å². The molecule has 1 aliphatic rings. The monoisotopic (exact) mass is 328 g/mol. The summed E-state index contributed by atoms with van der Waals surface area (Å²) in [7, 11) is 0. The average Bonchev–Trinajstić information content (AvgIpc) is 3.10. The quantitative estimate of drug-likeness (QED) is 0.511. The number of thiophene rings is 1. The van der Waals surface area contributed by atoms with E-state index in [9.17, 15) is 0 Å². The van der Waals surface area contributed by atoms with Crippen LogP contribution in [0.1, 0.15) is 43.1 Å². The second kappa shape index (κ2) is 8.43. The topological polar surface area (TPSA) is 9.23 Å². The van der Waals surface area contributed by atoms with Gasteiger partial charge in [0.1, 0.15) is 0 Å². The largest absolute Gasteiger partial charge is 0.357 e. The third-order valence-corrected chi connectivity index (χ3v) is 5.43. The Morgan fingerprint density at radius 1 is 1.05 bits per heavy atom. The highest BCUT2D eigenvalue weighted by molar-refractivity contribution is 8.03. The summed E-state index contributed by atoms with van der Waals surface area (Å²) < 4.78 is 6.30. The number of hydrogen-bond acceptors (Lipinski definition) is 3. The maximum absolute atomic E-state index is 6.30. The minimum absolute atomic E-state index is 0.0840. The zero-order chi connectivity index (χ0) is 15.0. The fourth-order valence-electron chi connectivity index (χ4n) is 2.64. The van der Waals surface area contributed by atoms with E-state index in [2.05, 4.69) is 40.8 Å². The van der Waals surface area contributed by atoms with Crippen molar-refractivity contribution < 1.29 is 4.74 Å². The highest BCUT2D eigenvalue weighted by atomic mass is 32.2. The zero-order valence-corrected chi connectivity index (χ0v) is 14.2. The van der Waals surface area contributed by atoms with Crippen molar-refractivity contribution in [3.05, 3.63) is 52.7 Å². The molecule has 1 fully saturated rings. The van der Waals surface area contributed by atoms with E-state index in [0.29, 0.717) is 6.10 Å². The summed E-state index contributed by atoms with van der Waals surface area (Å²) in [6.07, 6.45) is 6.56. The number of rotatable bonds is 4. The van der Waals surface area contributed by atoms with Gasteiger partial charge < -0.3 is 4.74 Å². The molecule has 22 heavy (non-hydrogen) atoms. The van der Waals surface area contributed by atoms with Gasteiger partial charge in [-0.25, -0.2) is 0 Å². The number of thioether (sulfide) groups is 1. The molecule has 3 rings (SSSR count). The van der Waals surface area contributed by atoms with Gasteiger partial charge >= 0.3 is 0 Å². The highest BCUT2D eigenvalue weighted by Crippen LogP contribution is 2.29. The van der Waals surface area contributed by atoms with Gasteiger partial charge in [-0.05, 0) is 53.4 Å². The first-order valence-corrected chi connectivity index (χ1v) is 9.53. The van der Waals surface area contributed by atoms with Gasteiger partial charge in [0.15, 0.2) is 6.10 Å². The van der Waals surface area contributed by atoms with Crippen LogP contribution in [-0.4, -0.2) is 6.10 Å². The van der Waals surface area contributed by atoms with Gasteiger partial charge in [0, 0.05) is 9.77 Å². The molecule has 0 radical (unpaired) electrons. The molecule has 0 amide bonds. The van der Waals surface area contributed by atoms with Gasteiger partial charge in [0.05, 0.1) is 6.10 Å². The maximum atomic E-state index is 6.30. The second-order valence-electron chi connectivity index (χ2n) is 5.45. The summed E-state index contributed by atoms with van der Waals surface area (Å²) in [5.74, 6) is 3.32. The van der Waals surface area contributed by atoms with Gasteiger partial charge in [-0.3, -0.25) is 0 Å². The summed E-state index contributed by atoms with van der Waals surface area (Å²) in [6, 6.07) is 14.5. The van der Waals surface area contributed by atoms with Crippen LogP contribution in [0.5, 0.6) is 0 Å². The normalized spacial score (nSPS) is 16.7. The van der Waals surface area contributed by atoms with E-state index in [1.807, 2.05) is 18.2 Å². The smallest absolute Gasteiger partial charge is 0.153 e. The van der Waals surface area contributed by atoms with Crippen LogP contribution in [0, 0.1) is 11.2 Å². The molecule has 1 saturated carbocycles. The van der Waals surface area contributed by atoms with E-state index < -0.39 is 0 Å². The molecule has 1 aromatic carbocycles. The Hall–Kier alpha value is -1.21. The molecule has 3 heteroatoms. The van der Waals surface area contributed by atoms with Crippen molar-refractivity contribution in [2.24, 2.45) is 0 Å². The van der Waals surface area contributed by atoms with E-state index in [1.165, 1.54) is 41.9 Å². The molecule has 1 atom stereocenters. The van der Waals surface area contributed by atoms with Crippen LogP contribution in [0.3, 0.4) is 0 Å². The van der Waals surface area contributed by atoms with Gasteiger partial charge in [-0.1, -0.05) is 49.4 Å². The molecular weight excluding hydrogens is 308 g/mol. The summed E-state index contributed by atoms with van der Waals surface area (Å²) >= 11 is 3.30. The van der Waals surface area contributed by atoms with Crippen molar-refractivity contribution in [3.8, 4) is 11.2 Å². The van der Waals surface area contributed by atoms with Crippen LogP contribution in [0.4, 0.5) is 0 Å². The molecular formula is C19H20OS2. The Bertz CT molecular complexity index is 604. The maximum Gasteiger partial charge on any atom is 0.153 e. The van der Waals surface area contributed by atoms with E-state index >= 15 is 0 Å². The Kier molecular flexibility index (Phi) is 6.01. The van der Waals surface area contributed by atoms with Crippen LogP contribution in [0.15, 0.2) is 52.7 Å². The van der Waals surface area contributed by atoms with Crippen molar-refractivity contribution in [1.82, 2.24) is 0 Å². The SMILES string of the molecule is C(#CC(OC1CCCCC1)c1cccs1)Sc1ccccc1. The average molecular weight is 329 g/mol. The Morgan fingerprint density at radius 3 is 2.59 bits per heavy atom. The predicted octanol–water partition coefficient (Wildman–Crippen LogP) is 5.89. The molecule has 0 bridgehead atoms. The zero-order valence-electron chi connectivity index (χ0n) is 12.5. The standard InChI is InChI=1S/C19H20OS2/c1-3-8-16(9-4-1)20-18(19-12-7-14-22-19)13-15-21-17-10-5-2-6-11-17/h2,5-7,10-12,14,16,18H,1,3-4,8-9H2. The molecule has 2 aromatic rings. The summed E-state index contributed by atoms with van der Waals surface area (Å²) in [6.45, 7) is 0. The Labute approximate surface area is 141 Å². The van der Waals surface area contributed by atoms with Gasteiger partial charge in [-0.2, -0.15) is 0 Å². The minimum atomic E-state index is -0.0840. The van der Waals surface area contributed by atoms with Gasteiger partial charge in [0.25, 0.3) is 0 Å². The van der Waals surface area contributed by atoms with E-state index in [1.54, 1.807) is 23.1 Å². The molecule has 0 spiro atoms. The molecule has 0 saturated heterocycles. The van der Waals surface area contributed by atoms with Crippen LogP contribution in [0.2, 0.25) is 0 Å². The summed E-state index contributed by atoms with van der Waals surface area (Å²) in [4.78, 5) is 2.39. The van der Waals surface area contributed by atoms with Crippen molar-refractivity contribution in [3.63, 3.8) is 0 Å². The lowest BCUT2D eigenvalue weighted by molar-refractivity contribution is -0.00224. The van der Waals surface area contributed by atoms with Crippen molar-refractivity contribution >= 4 is 23.1 Å². The van der Waals surface area contributed by atoms with E-state index in [-0.39, 0.29) is 6.10 Å². The minimum Gasteiger partial charge on any atom is -0.357 e. The lowest BCUT2D eigenvalue weighted by Gasteiger charge is -2.24. The molecule has 1 heterocycles. The lowest BCUT2D eigenvalue weighted by Crippen LogP contribution is -2.18. The van der Waals surface area contributed by atoms with Gasteiger partial charge in [-0.15, -0.1) is 11.3 Å². The van der Waals surface area contributed by atoms with Crippen LogP contribution >= 0.6 is 23.1 Å². The second-order valence-corrected chi connectivity index (χ2v) is 7.31. The number of hydrogen-bond donors (Lipinski definition) is 0. The molecule has 0 aliphatic heterocycles. The lowest BCUT2D eigenvalue weighted by atomic mass is 9.97. The molecule has 0 N–H and O–H groups in total. The molecule has 1 unspecified atom stereocenters. The summed E-state index contributed by atoms with van der Waals surface area (Å²) in [5.41, 5.74) is 0. The fourth-order valence-corrected chi connectivity index (χ4v) is 3.92. The molecule has 1 aromatic heterocycles. The van der Waals surface area contributed by atoms with Crippen molar-refractivity contribution in [1.29, 1.82) is 0 Å². The number of ether oxygens (including phenoxy) is 1. The van der Waals surface area contributed by atoms with Crippen molar-refractivity contribution in [2.75, 3.05) is 0 Å². The van der Waals surface area contributed by atoms with Crippen molar-refractivity contribution in [2.45, 2.75) is 49.2 Å². The molecule has 1 aliphatic carbocycles. The molecule has 1 nitrogen and oxygen atoms in total. The highest BCUT2D eigenvalue weighted by Gasteiger charge is 2.19. The van der Waals surface area contributed by atoms with Crippen LogP contribution < -0.4 is 0 Å². The molecule has 114 valence electrons. The third-order valence-electron chi connectivity index (χ3n) is 3.78. The third kappa shape index (κ3) is 4.64. The Balaban J connectivity index is 1.66. The van der Waals surface area contributed by atoms with E-state index in [0.717, 1.165) is 0 Å². The van der Waals surface area contributed by atoms with E-state index in [4.69, 9.17) is 4.74 Å². The first-order valence-electron chi connectivity index (χ1n) is 7.83.